The van der Waals surface area contributed by atoms with Crippen molar-refractivity contribution < 1.29 is 4.79 Å². The summed E-state index contributed by atoms with van der Waals surface area (Å²) >= 11 is 0. The highest BCUT2D eigenvalue weighted by atomic mass is 16.2. The van der Waals surface area contributed by atoms with Gasteiger partial charge in [-0.3, -0.25) is 10.1 Å². The number of hydrogen-bond acceptors (Lipinski definition) is 4. The molecule has 2 unspecified atom stereocenters. The highest BCUT2D eigenvalue weighted by Gasteiger charge is 2.27. The van der Waals surface area contributed by atoms with Crippen molar-refractivity contribution in [3.8, 4) is 0 Å². The number of anilines is 1. The molecule has 2 atom stereocenters. The Kier molecular flexibility index (Phi) is 4.03. The SMILES string of the molecule is NC1CCCCCC1C(=O)Nc1ncccn1. The molecule has 1 fully saturated rings. The molecule has 1 aliphatic carbocycles. The summed E-state index contributed by atoms with van der Waals surface area (Å²) in [5, 5.41) is 2.73. The topological polar surface area (TPSA) is 80.9 Å². The molecule has 92 valence electrons. The molecular weight excluding hydrogens is 216 g/mol. The van der Waals surface area contributed by atoms with Gasteiger partial charge in [0.05, 0.1) is 5.92 Å². The third kappa shape index (κ3) is 3.23. The number of carbonyl (C=O) groups is 1. The minimum atomic E-state index is -0.110. The minimum absolute atomic E-state index is 0.0405. The summed E-state index contributed by atoms with van der Waals surface area (Å²) in [5.41, 5.74) is 6.03. The average Bonchev–Trinajstić information content (AvgIpc) is 2.55. The fraction of sp³-hybridized carbons (Fsp3) is 0.583. The fourth-order valence-electron chi connectivity index (χ4n) is 2.23. The van der Waals surface area contributed by atoms with E-state index in [1.807, 2.05) is 0 Å². The van der Waals surface area contributed by atoms with E-state index in [0.29, 0.717) is 5.95 Å². The van der Waals surface area contributed by atoms with Crippen LogP contribution in [0.5, 0.6) is 0 Å². The highest BCUT2D eigenvalue weighted by Crippen LogP contribution is 2.23. The Morgan fingerprint density at radius 2 is 1.94 bits per heavy atom. The molecule has 1 amide bonds. The van der Waals surface area contributed by atoms with Crippen molar-refractivity contribution in [1.29, 1.82) is 0 Å². The van der Waals surface area contributed by atoms with Crippen LogP contribution in [-0.2, 0) is 4.79 Å². The van der Waals surface area contributed by atoms with E-state index in [-0.39, 0.29) is 17.9 Å². The number of nitrogens with one attached hydrogen (secondary N) is 1. The predicted octanol–water partition coefficient (Wildman–Crippen LogP) is 1.32. The smallest absolute Gasteiger partial charge is 0.231 e. The number of nitrogens with two attached hydrogens (primary N) is 1. The Morgan fingerprint density at radius 1 is 1.24 bits per heavy atom. The van der Waals surface area contributed by atoms with Gasteiger partial charge < -0.3 is 5.73 Å². The van der Waals surface area contributed by atoms with Gasteiger partial charge in [0.15, 0.2) is 0 Å². The van der Waals surface area contributed by atoms with E-state index in [9.17, 15) is 4.79 Å². The second-order valence-electron chi connectivity index (χ2n) is 4.47. The Balaban J connectivity index is 1.99. The molecule has 0 radical (unpaired) electrons. The maximum Gasteiger partial charge on any atom is 0.231 e. The van der Waals surface area contributed by atoms with Crippen molar-refractivity contribution in [2.24, 2.45) is 11.7 Å². The van der Waals surface area contributed by atoms with E-state index in [2.05, 4.69) is 15.3 Å². The van der Waals surface area contributed by atoms with E-state index >= 15 is 0 Å². The second kappa shape index (κ2) is 5.72. The summed E-state index contributed by atoms with van der Waals surface area (Å²) in [6.07, 6.45) is 8.35. The number of rotatable bonds is 2. The summed E-state index contributed by atoms with van der Waals surface area (Å²) in [5.74, 6) is 0.195. The molecule has 1 heterocycles. The third-order valence-corrected chi connectivity index (χ3v) is 3.21. The quantitative estimate of drug-likeness (QED) is 0.756. The maximum atomic E-state index is 12.1. The van der Waals surface area contributed by atoms with Gasteiger partial charge in [0.2, 0.25) is 11.9 Å². The molecule has 0 bridgehead atoms. The lowest BCUT2D eigenvalue weighted by Gasteiger charge is -2.19. The number of nitrogens with zero attached hydrogens (tertiary/aromatic N) is 2. The molecule has 1 aliphatic rings. The molecule has 0 aromatic carbocycles. The molecule has 2 rings (SSSR count). The van der Waals surface area contributed by atoms with Crippen molar-refractivity contribution >= 4 is 11.9 Å². The Bertz CT molecular complexity index is 368. The largest absolute Gasteiger partial charge is 0.327 e. The first-order valence-electron chi connectivity index (χ1n) is 6.11. The first-order valence-corrected chi connectivity index (χ1v) is 6.11. The van der Waals surface area contributed by atoms with Gasteiger partial charge in [0, 0.05) is 18.4 Å². The van der Waals surface area contributed by atoms with Gasteiger partial charge in [-0.05, 0) is 18.9 Å². The lowest BCUT2D eigenvalue weighted by Crippen LogP contribution is -2.38. The number of carbonyl (C=O) groups excluding carboxylic acids is 1. The van der Waals surface area contributed by atoms with Crippen LogP contribution < -0.4 is 11.1 Å². The summed E-state index contributed by atoms with van der Waals surface area (Å²) in [4.78, 5) is 20.0. The summed E-state index contributed by atoms with van der Waals surface area (Å²) in [6, 6.07) is 1.67. The van der Waals surface area contributed by atoms with Crippen molar-refractivity contribution in [3.63, 3.8) is 0 Å². The molecule has 3 N–H and O–H groups in total. The van der Waals surface area contributed by atoms with Crippen molar-refractivity contribution in [3.05, 3.63) is 18.5 Å². The molecule has 0 spiro atoms. The van der Waals surface area contributed by atoms with E-state index in [1.165, 1.54) is 6.42 Å². The zero-order valence-corrected chi connectivity index (χ0v) is 9.80. The van der Waals surface area contributed by atoms with Gasteiger partial charge in [-0.25, -0.2) is 9.97 Å². The van der Waals surface area contributed by atoms with E-state index in [4.69, 9.17) is 5.73 Å². The summed E-state index contributed by atoms with van der Waals surface area (Å²) in [7, 11) is 0. The first-order chi connectivity index (χ1) is 8.27. The van der Waals surface area contributed by atoms with Crippen LogP contribution in [-0.4, -0.2) is 21.9 Å². The second-order valence-corrected chi connectivity index (χ2v) is 4.47. The van der Waals surface area contributed by atoms with Gasteiger partial charge in [-0.15, -0.1) is 0 Å². The average molecular weight is 234 g/mol. The lowest BCUT2D eigenvalue weighted by molar-refractivity contribution is -0.120. The van der Waals surface area contributed by atoms with Gasteiger partial charge in [0.25, 0.3) is 0 Å². The fourth-order valence-corrected chi connectivity index (χ4v) is 2.23. The minimum Gasteiger partial charge on any atom is -0.327 e. The lowest BCUT2D eigenvalue weighted by atomic mass is 9.95. The van der Waals surface area contributed by atoms with Crippen LogP contribution in [0.15, 0.2) is 18.5 Å². The van der Waals surface area contributed by atoms with Crippen molar-refractivity contribution in [1.82, 2.24) is 9.97 Å². The Labute approximate surface area is 101 Å². The Hall–Kier alpha value is -1.49. The van der Waals surface area contributed by atoms with Gasteiger partial charge in [0.1, 0.15) is 0 Å². The van der Waals surface area contributed by atoms with E-state index < -0.39 is 0 Å². The zero-order chi connectivity index (χ0) is 12.1. The van der Waals surface area contributed by atoms with Gasteiger partial charge in [-0.1, -0.05) is 19.3 Å². The van der Waals surface area contributed by atoms with Crippen LogP contribution in [0, 0.1) is 5.92 Å². The number of amides is 1. The molecule has 1 aromatic rings. The predicted molar refractivity (Wildman–Crippen MR) is 65.2 cm³/mol. The molecule has 0 aliphatic heterocycles. The van der Waals surface area contributed by atoms with Crippen LogP contribution in [0.25, 0.3) is 0 Å². The monoisotopic (exact) mass is 234 g/mol. The van der Waals surface area contributed by atoms with Gasteiger partial charge >= 0.3 is 0 Å². The standard InChI is InChI=1S/C12H18N4O/c13-10-6-3-1-2-5-9(10)11(17)16-12-14-7-4-8-15-12/h4,7-10H,1-3,5-6,13H2,(H,14,15,16,17). The molecule has 0 saturated heterocycles. The zero-order valence-electron chi connectivity index (χ0n) is 9.80. The van der Waals surface area contributed by atoms with Crippen LogP contribution in [0.2, 0.25) is 0 Å². The normalized spacial score (nSPS) is 25.0. The maximum absolute atomic E-state index is 12.1. The van der Waals surface area contributed by atoms with Gasteiger partial charge in [-0.2, -0.15) is 0 Å². The van der Waals surface area contributed by atoms with Crippen LogP contribution >= 0.6 is 0 Å². The van der Waals surface area contributed by atoms with Crippen LogP contribution in [0.3, 0.4) is 0 Å². The molecular formula is C12H18N4O. The number of hydrogen-bond donors (Lipinski definition) is 2. The molecule has 17 heavy (non-hydrogen) atoms. The summed E-state index contributed by atoms with van der Waals surface area (Å²) < 4.78 is 0. The first kappa shape index (κ1) is 12.0. The van der Waals surface area contributed by atoms with Crippen molar-refractivity contribution in [2.45, 2.75) is 38.1 Å². The molecule has 1 aromatic heterocycles. The highest BCUT2D eigenvalue weighted by molar-refractivity contribution is 5.91. The van der Waals surface area contributed by atoms with Crippen molar-refractivity contribution in [2.75, 3.05) is 5.32 Å². The van der Waals surface area contributed by atoms with Crippen LogP contribution in [0.4, 0.5) is 5.95 Å². The Morgan fingerprint density at radius 3 is 2.71 bits per heavy atom. The molecule has 1 saturated carbocycles. The van der Waals surface area contributed by atoms with E-state index in [0.717, 1.165) is 25.7 Å². The third-order valence-electron chi connectivity index (χ3n) is 3.21. The van der Waals surface area contributed by atoms with Crippen LogP contribution in [0.1, 0.15) is 32.1 Å². The summed E-state index contributed by atoms with van der Waals surface area (Å²) in [6.45, 7) is 0. The van der Waals surface area contributed by atoms with E-state index in [1.54, 1.807) is 18.5 Å². The molecule has 5 heteroatoms. The number of aromatic nitrogens is 2. The molecule has 5 nitrogen and oxygen atoms in total.